The first-order chi connectivity index (χ1) is 8.22. The Kier molecular flexibility index (Phi) is 3.61. The molecule has 0 aromatic carbocycles. The molecule has 2 rings (SSSR count). The van der Waals surface area contributed by atoms with Crippen molar-refractivity contribution in [1.82, 2.24) is 15.2 Å². The van der Waals surface area contributed by atoms with Crippen LogP contribution in [0.3, 0.4) is 0 Å². The summed E-state index contributed by atoms with van der Waals surface area (Å²) in [6, 6.07) is 2.05. The Morgan fingerprint density at radius 3 is 2.94 bits per heavy atom. The van der Waals surface area contributed by atoms with Crippen LogP contribution in [-0.2, 0) is 13.0 Å². The molecular formula is C12H18N4O. The van der Waals surface area contributed by atoms with Crippen LogP contribution >= 0.6 is 0 Å². The summed E-state index contributed by atoms with van der Waals surface area (Å²) in [4.78, 5) is 0. The number of aromatic nitrogens is 2. The lowest BCUT2D eigenvalue weighted by Crippen LogP contribution is -2.29. The maximum Gasteiger partial charge on any atom is 0.101 e. The monoisotopic (exact) mass is 234 g/mol. The predicted molar refractivity (Wildman–Crippen MR) is 65.1 cm³/mol. The number of hydrazine groups is 1. The SMILES string of the molecule is CCn1cc(CC(NN)c2coc(C)c2)cn1. The van der Waals surface area contributed by atoms with Crippen LogP contribution in [0.25, 0.3) is 0 Å². The summed E-state index contributed by atoms with van der Waals surface area (Å²) in [5.41, 5.74) is 5.04. The topological polar surface area (TPSA) is 69.0 Å². The third-order valence-corrected chi connectivity index (χ3v) is 2.80. The maximum absolute atomic E-state index is 5.58. The Labute approximate surface area is 101 Å². The second kappa shape index (κ2) is 5.16. The van der Waals surface area contributed by atoms with Gasteiger partial charge in [-0.3, -0.25) is 16.0 Å². The van der Waals surface area contributed by atoms with Crippen molar-refractivity contribution in [3.63, 3.8) is 0 Å². The predicted octanol–water partition coefficient (Wildman–Crippen LogP) is 1.55. The second-order valence-electron chi connectivity index (χ2n) is 4.12. The van der Waals surface area contributed by atoms with E-state index in [4.69, 9.17) is 10.3 Å². The molecule has 2 aromatic rings. The van der Waals surface area contributed by atoms with E-state index in [2.05, 4.69) is 17.4 Å². The number of furan rings is 1. The highest BCUT2D eigenvalue weighted by atomic mass is 16.3. The molecule has 0 radical (unpaired) electrons. The fraction of sp³-hybridized carbons (Fsp3) is 0.417. The molecule has 1 unspecified atom stereocenters. The van der Waals surface area contributed by atoms with E-state index in [9.17, 15) is 0 Å². The van der Waals surface area contributed by atoms with Gasteiger partial charge in [0, 0.05) is 18.3 Å². The molecule has 0 saturated heterocycles. The van der Waals surface area contributed by atoms with Crippen LogP contribution in [0.15, 0.2) is 29.1 Å². The van der Waals surface area contributed by atoms with E-state index in [0.29, 0.717) is 0 Å². The smallest absolute Gasteiger partial charge is 0.101 e. The highest BCUT2D eigenvalue weighted by Gasteiger charge is 2.13. The Morgan fingerprint density at radius 2 is 2.41 bits per heavy atom. The Balaban J connectivity index is 2.09. The third-order valence-electron chi connectivity index (χ3n) is 2.80. The van der Waals surface area contributed by atoms with Crippen molar-refractivity contribution in [2.45, 2.75) is 32.9 Å². The van der Waals surface area contributed by atoms with Gasteiger partial charge >= 0.3 is 0 Å². The molecule has 2 heterocycles. The molecule has 0 amide bonds. The van der Waals surface area contributed by atoms with Crippen LogP contribution in [0, 0.1) is 6.92 Å². The molecule has 0 saturated carbocycles. The van der Waals surface area contributed by atoms with Crippen molar-refractivity contribution >= 4 is 0 Å². The molecular weight excluding hydrogens is 216 g/mol. The molecule has 1 atom stereocenters. The fourth-order valence-corrected chi connectivity index (χ4v) is 1.84. The molecule has 0 spiro atoms. The van der Waals surface area contributed by atoms with Gasteiger partial charge in [0.25, 0.3) is 0 Å². The van der Waals surface area contributed by atoms with Gasteiger partial charge in [0.15, 0.2) is 0 Å². The van der Waals surface area contributed by atoms with Crippen molar-refractivity contribution < 1.29 is 4.42 Å². The average Bonchev–Trinajstić information content (AvgIpc) is 2.94. The fourth-order valence-electron chi connectivity index (χ4n) is 1.84. The molecule has 0 aliphatic heterocycles. The first kappa shape index (κ1) is 11.9. The number of nitrogens with one attached hydrogen (secondary N) is 1. The van der Waals surface area contributed by atoms with Crippen molar-refractivity contribution in [3.05, 3.63) is 41.6 Å². The first-order valence-corrected chi connectivity index (χ1v) is 5.75. The number of nitrogens with zero attached hydrogens (tertiary/aromatic N) is 2. The number of nitrogens with two attached hydrogens (primary N) is 1. The minimum atomic E-state index is 0.0574. The number of rotatable bonds is 5. The average molecular weight is 234 g/mol. The van der Waals surface area contributed by atoms with Gasteiger partial charge < -0.3 is 4.42 Å². The summed E-state index contributed by atoms with van der Waals surface area (Å²) in [6.45, 7) is 4.87. The van der Waals surface area contributed by atoms with Crippen LogP contribution in [0.5, 0.6) is 0 Å². The van der Waals surface area contributed by atoms with Gasteiger partial charge in [-0.2, -0.15) is 5.10 Å². The lowest BCUT2D eigenvalue weighted by atomic mass is 10.0. The summed E-state index contributed by atoms with van der Waals surface area (Å²) < 4.78 is 7.20. The second-order valence-corrected chi connectivity index (χ2v) is 4.12. The molecule has 5 heteroatoms. The van der Waals surface area contributed by atoms with Crippen LogP contribution in [-0.4, -0.2) is 9.78 Å². The molecule has 17 heavy (non-hydrogen) atoms. The summed E-state index contributed by atoms with van der Waals surface area (Å²) in [7, 11) is 0. The zero-order valence-corrected chi connectivity index (χ0v) is 10.2. The highest BCUT2D eigenvalue weighted by molar-refractivity contribution is 5.19. The van der Waals surface area contributed by atoms with E-state index in [1.165, 1.54) is 0 Å². The lowest BCUT2D eigenvalue weighted by Gasteiger charge is -2.12. The van der Waals surface area contributed by atoms with Crippen molar-refractivity contribution in [3.8, 4) is 0 Å². The molecule has 0 fully saturated rings. The van der Waals surface area contributed by atoms with Crippen LogP contribution in [0.2, 0.25) is 0 Å². The van der Waals surface area contributed by atoms with Gasteiger partial charge in [-0.05, 0) is 31.9 Å². The summed E-state index contributed by atoms with van der Waals surface area (Å²) >= 11 is 0. The Bertz CT molecular complexity index is 474. The van der Waals surface area contributed by atoms with Crippen molar-refractivity contribution in [2.75, 3.05) is 0 Å². The largest absolute Gasteiger partial charge is 0.469 e. The van der Waals surface area contributed by atoms with Gasteiger partial charge in [-0.1, -0.05) is 0 Å². The summed E-state index contributed by atoms with van der Waals surface area (Å²) in [5, 5.41) is 4.25. The third kappa shape index (κ3) is 2.75. The zero-order valence-electron chi connectivity index (χ0n) is 10.2. The van der Waals surface area contributed by atoms with Crippen molar-refractivity contribution in [2.24, 2.45) is 5.84 Å². The number of hydrogen-bond acceptors (Lipinski definition) is 4. The molecule has 5 nitrogen and oxygen atoms in total. The normalized spacial score (nSPS) is 12.9. The number of aryl methyl sites for hydroxylation is 2. The molecule has 0 aliphatic rings. The highest BCUT2D eigenvalue weighted by Crippen LogP contribution is 2.19. The van der Waals surface area contributed by atoms with Gasteiger partial charge in [-0.15, -0.1) is 0 Å². The van der Waals surface area contributed by atoms with E-state index in [0.717, 1.165) is 29.9 Å². The maximum atomic E-state index is 5.58. The molecule has 3 N–H and O–H groups in total. The Hall–Kier alpha value is -1.59. The zero-order chi connectivity index (χ0) is 12.3. The van der Waals surface area contributed by atoms with E-state index in [-0.39, 0.29) is 6.04 Å². The van der Waals surface area contributed by atoms with Gasteiger partial charge in [-0.25, -0.2) is 0 Å². The van der Waals surface area contributed by atoms with Crippen molar-refractivity contribution in [1.29, 1.82) is 0 Å². The Morgan fingerprint density at radius 1 is 1.59 bits per heavy atom. The van der Waals surface area contributed by atoms with E-state index in [1.54, 1.807) is 6.26 Å². The number of hydrogen-bond donors (Lipinski definition) is 2. The van der Waals surface area contributed by atoms with Gasteiger partial charge in [0.1, 0.15) is 5.76 Å². The van der Waals surface area contributed by atoms with E-state index >= 15 is 0 Å². The standard InChI is InChI=1S/C12H18N4O/c1-3-16-7-10(6-14-16)5-12(15-13)11-4-9(2)17-8-11/h4,6-8,12,15H,3,5,13H2,1-2H3. The molecule has 92 valence electrons. The molecule has 0 aliphatic carbocycles. The van der Waals surface area contributed by atoms with Gasteiger partial charge in [0.2, 0.25) is 0 Å². The minimum Gasteiger partial charge on any atom is -0.469 e. The quantitative estimate of drug-likeness (QED) is 0.608. The lowest BCUT2D eigenvalue weighted by molar-refractivity contribution is 0.511. The molecule has 0 bridgehead atoms. The van der Waals surface area contributed by atoms with Gasteiger partial charge in [0.05, 0.1) is 18.5 Å². The minimum absolute atomic E-state index is 0.0574. The van der Waals surface area contributed by atoms with E-state index in [1.807, 2.05) is 30.1 Å². The van der Waals surface area contributed by atoms with Crippen LogP contribution in [0.1, 0.15) is 29.9 Å². The van der Waals surface area contributed by atoms with Crippen LogP contribution < -0.4 is 11.3 Å². The van der Waals surface area contributed by atoms with Crippen LogP contribution in [0.4, 0.5) is 0 Å². The summed E-state index contributed by atoms with van der Waals surface area (Å²) in [6.07, 6.45) is 6.46. The molecule has 2 aromatic heterocycles. The summed E-state index contributed by atoms with van der Waals surface area (Å²) in [5.74, 6) is 6.48. The van der Waals surface area contributed by atoms with E-state index < -0.39 is 0 Å². The first-order valence-electron chi connectivity index (χ1n) is 5.75.